The number of carbonyl (C=O) groups is 2. The van der Waals surface area contributed by atoms with Gasteiger partial charge in [-0.25, -0.2) is 4.79 Å². The molecule has 1 heterocycles. The first-order chi connectivity index (χ1) is 19.1. The Hall–Kier alpha value is -3.74. The largest absolute Gasteiger partial charge is 0.493 e. The smallest absolute Gasteiger partial charge is 0.337 e. The van der Waals surface area contributed by atoms with Crippen molar-refractivity contribution in [1.29, 1.82) is 0 Å². The Morgan fingerprint density at radius 3 is 2.17 bits per heavy atom. The Morgan fingerprint density at radius 2 is 1.62 bits per heavy atom. The fourth-order valence-electron chi connectivity index (χ4n) is 7.70. The van der Waals surface area contributed by atoms with Crippen molar-refractivity contribution >= 4 is 17.4 Å². The van der Waals surface area contributed by atoms with Crippen LogP contribution in [-0.2, 0) is 9.53 Å². The van der Waals surface area contributed by atoms with E-state index in [1.54, 1.807) is 21.3 Å². The molecule has 0 amide bonds. The Kier molecular flexibility index (Phi) is 6.06. The SMILES string of the molecule is COc1cc(C2C(C(=O)OC3CC4CCC3(C)C4(C)C)=C(C)NC3=C2C(=O)c2ccccc23)cc(OC)c1OC. The number of methoxy groups -OCH3 is 3. The second kappa shape index (κ2) is 9.15. The third-order valence-corrected chi connectivity index (χ3v) is 10.5. The highest BCUT2D eigenvalue weighted by Crippen LogP contribution is 2.66. The third kappa shape index (κ3) is 3.49. The second-order valence-corrected chi connectivity index (χ2v) is 12.2. The van der Waals surface area contributed by atoms with Crippen molar-refractivity contribution < 1.29 is 28.5 Å². The van der Waals surface area contributed by atoms with Gasteiger partial charge in [0, 0.05) is 33.7 Å². The van der Waals surface area contributed by atoms with Crippen molar-refractivity contribution in [2.24, 2.45) is 16.7 Å². The summed E-state index contributed by atoms with van der Waals surface area (Å²) in [5.74, 6) is 0.690. The Balaban J connectivity index is 1.48. The van der Waals surface area contributed by atoms with Gasteiger partial charge in [0.25, 0.3) is 0 Å². The third-order valence-electron chi connectivity index (χ3n) is 10.5. The Morgan fingerprint density at radius 1 is 0.975 bits per heavy atom. The van der Waals surface area contributed by atoms with E-state index in [2.05, 4.69) is 26.1 Å². The first-order valence-electron chi connectivity index (χ1n) is 13.9. The lowest BCUT2D eigenvalue weighted by atomic mass is 9.70. The molecule has 210 valence electrons. The first kappa shape index (κ1) is 26.5. The van der Waals surface area contributed by atoms with E-state index in [1.807, 2.05) is 43.3 Å². The summed E-state index contributed by atoms with van der Waals surface area (Å²) in [5, 5.41) is 3.41. The summed E-state index contributed by atoms with van der Waals surface area (Å²) in [4.78, 5) is 28.2. The summed E-state index contributed by atoms with van der Waals surface area (Å²) in [5.41, 5.74) is 4.48. The summed E-state index contributed by atoms with van der Waals surface area (Å²) in [6.07, 6.45) is 2.89. The minimum absolute atomic E-state index is 0.0875. The zero-order chi connectivity index (χ0) is 28.6. The number of ether oxygens (including phenoxy) is 4. The maximum atomic E-state index is 14.2. The summed E-state index contributed by atoms with van der Waals surface area (Å²) < 4.78 is 23.3. The number of carbonyl (C=O) groups excluding carboxylic acids is 2. The van der Waals surface area contributed by atoms with Gasteiger partial charge in [-0.05, 0) is 55.2 Å². The number of Topliss-reactive ketones (excluding diaryl/α,β-unsaturated/α-hetero) is 1. The number of allylic oxidation sites excluding steroid dienone is 2. The first-order valence-corrected chi connectivity index (χ1v) is 13.9. The predicted molar refractivity (Wildman–Crippen MR) is 151 cm³/mol. The summed E-state index contributed by atoms with van der Waals surface area (Å²) in [6.45, 7) is 8.74. The Labute approximate surface area is 235 Å². The van der Waals surface area contributed by atoms with Gasteiger partial charge in [0.15, 0.2) is 17.3 Å². The van der Waals surface area contributed by atoms with E-state index >= 15 is 0 Å². The number of hydrogen-bond donors (Lipinski definition) is 1. The summed E-state index contributed by atoms with van der Waals surface area (Å²) >= 11 is 0. The second-order valence-electron chi connectivity index (χ2n) is 12.2. The van der Waals surface area contributed by atoms with Gasteiger partial charge >= 0.3 is 5.97 Å². The molecule has 7 heteroatoms. The molecule has 2 aromatic carbocycles. The lowest BCUT2D eigenvalue weighted by Gasteiger charge is -2.39. The van der Waals surface area contributed by atoms with Crippen molar-refractivity contribution in [3.8, 4) is 17.2 Å². The highest BCUT2D eigenvalue weighted by atomic mass is 16.5. The quantitative estimate of drug-likeness (QED) is 0.445. The molecule has 3 aliphatic carbocycles. The minimum Gasteiger partial charge on any atom is -0.493 e. The molecule has 0 radical (unpaired) electrons. The lowest BCUT2D eigenvalue weighted by molar-refractivity contribution is -0.152. The standard InChI is InChI=1S/C33H37NO6/c1-17-25(31(36)40-24-16-19-12-13-33(24,4)32(19,2)3)26(18-14-22(37-5)30(39-7)23(15-18)38-6)27-28(34-17)20-10-8-9-11-21(20)29(27)35/h8-11,14-15,19,24,26,34H,12-13,16H2,1-7H3. The molecule has 7 nitrogen and oxygen atoms in total. The van der Waals surface area contributed by atoms with E-state index in [0.29, 0.717) is 51.1 Å². The molecule has 40 heavy (non-hydrogen) atoms. The van der Waals surface area contributed by atoms with E-state index in [0.717, 1.165) is 30.5 Å². The average Bonchev–Trinajstić information content (AvgIpc) is 3.43. The van der Waals surface area contributed by atoms with E-state index in [9.17, 15) is 9.59 Å². The topological polar surface area (TPSA) is 83.1 Å². The Bertz CT molecular complexity index is 1480. The van der Waals surface area contributed by atoms with Crippen LogP contribution in [0.5, 0.6) is 17.2 Å². The molecule has 2 bridgehead atoms. The van der Waals surface area contributed by atoms with Crippen LogP contribution in [0, 0.1) is 16.7 Å². The fraction of sp³-hybridized carbons (Fsp3) is 0.455. The van der Waals surface area contributed by atoms with Gasteiger partial charge in [-0.3, -0.25) is 4.79 Å². The van der Waals surface area contributed by atoms with Crippen LogP contribution in [0.4, 0.5) is 0 Å². The van der Waals surface area contributed by atoms with Crippen molar-refractivity contribution in [2.45, 2.75) is 59.0 Å². The highest BCUT2D eigenvalue weighted by Gasteiger charge is 2.63. The van der Waals surface area contributed by atoms with Crippen molar-refractivity contribution in [3.63, 3.8) is 0 Å². The number of ketones is 1. The normalized spacial score (nSPS) is 27.8. The van der Waals surface area contributed by atoms with E-state index in [-0.39, 0.29) is 22.7 Å². The molecule has 4 atom stereocenters. The van der Waals surface area contributed by atoms with Crippen LogP contribution in [-0.4, -0.2) is 39.2 Å². The monoisotopic (exact) mass is 543 g/mol. The molecule has 4 unspecified atom stereocenters. The van der Waals surface area contributed by atoms with Crippen molar-refractivity contribution in [1.82, 2.24) is 5.32 Å². The molecule has 2 aromatic rings. The summed E-state index contributed by atoms with van der Waals surface area (Å²) in [6, 6.07) is 11.2. The van der Waals surface area contributed by atoms with E-state index < -0.39 is 11.9 Å². The number of hydrogen-bond acceptors (Lipinski definition) is 7. The number of esters is 1. The number of dihydropyridines is 1. The van der Waals surface area contributed by atoms with Gasteiger partial charge in [-0.2, -0.15) is 0 Å². The zero-order valence-corrected chi connectivity index (χ0v) is 24.3. The molecular formula is C33H37NO6. The summed E-state index contributed by atoms with van der Waals surface area (Å²) in [7, 11) is 4.66. The lowest BCUT2D eigenvalue weighted by Crippen LogP contribution is -2.39. The number of fused-ring (bicyclic) bond motifs is 4. The minimum atomic E-state index is -0.684. The molecule has 6 rings (SSSR count). The molecule has 1 N–H and O–H groups in total. The van der Waals surface area contributed by atoms with Gasteiger partial charge in [0.2, 0.25) is 5.75 Å². The molecule has 1 aliphatic heterocycles. The fourth-order valence-corrected chi connectivity index (χ4v) is 7.70. The van der Waals surface area contributed by atoms with Crippen LogP contribution >= 0.6 is 0 Å². The van der Waals surface area contributed by atoms with Crippen molar-refractivity contribution in [2.75, 3.05) is 21.3 Å². The molecule has 4 aliphatic rings. The van der Waals surface area contributed by atoms with Crippen LogP contribution in [0.3, 0.4) is 0 Å². The molecule has 0 aromatic heterocycles. The molecule has 0 saturated heterocycles. The maximum Gasteiger partial charge on any atom is 0.337 e. The van der Waals surface area contributed by atoms with Gasteiger partial charge in [0.05, 0.1) is 32.6 Å². The average molecular weight is 544 g/mol. The van der Waals surface area contributed by atoms with E-state index in [4.69, 9.17) is 18.9 Å². The number of nitrogens with one attached hydrogen (secondary N) is 1. The molecule has 2 saturated carbocycles. The predicted octanol–water partition coefficient (Wildman–Crippen LogP) is 6.04. The zero-order valence-electron chi connectivity index (χ0n) is 24.3. The van der Waals surface area contributed by atoms with Gasteiger partial charge < -0.3 is 24.3 Å². The highest BCUT2D eigenvalue weighted by molar-refractivity contribution is 6.23. The molecule has 2 fully saturated rings. The molecular weight excluding hydrogens is 506 g/mol. The van der Waals surface area contributed by atoms with E-state index in [1.165, 1.54) is 0 Å². The van der Waals surface area contributed by atoms with Crippen molar-refractivity contribution in [3.05, 3.63) is 69.9 Å². The number of rotatable bonds is 6. The van der Waals surface area contributed by atoms with Crippen LogP contribution < -0.4 is 19.5 Å². The van der Waals surface area contributed by atoms with Crippen LogP contribution in [0.1, 0.15) is 74.4 Å². The van der Waals surface area contributed by atoms with Gasteiger partial charge in [-0.15, -0.1) is 0 Å². The van der Waals surface area contributed by atoms with Gasteiger partial charge in [0.1, 0.15) is 6.10 Å². The number of benzene rings is 2. The van der Waals surface area contributed by atoms with Crippen LogP contribution in [0.2, 0.25) is 0 Å². The maximum absolute atomic E-state index is 14.2. The van der Waals surface area contributed by atoms with Crippen LogP contribution in [0.15, 0.2) is 53.2 Å². The van der Waals surface area contributed by atoms with Gasteiger partial charge in [-0.1, -0.05) is 45.0 Å². The molecule has 0 spiro atoms. The van der Waals surface area contributed by atoms with Crippen LogP contribution in [0.25, 0.3) is 5.70 Å².